The molecule has 0 unspecified atom stereocenters. The minimum absolute atomic E-state index is 0.0352. The fourth-order valence-corrected chi connectivity index (χ4v) is 6.19. The summed E-state index contributed by atoms with van der Waals surface area (Å²) >= 11 is 3.14. The summed E-state index contributed by atoms with van der Waals surface area (Å²) in [5.41, 5.74) is 3.41. The van der Waals surface area contributed by atoms with Gasteiger partial charge in [-0.3, -0.25) is 14.0 Å². The first-order valence-corrected chi connectivity index (χ1v) is 12.6. The average molecular weight is 466 g/mol. The van der Waals surface area contributed by atoms with Crippen LogP contribution in [0, 0.1) is 0 Å². The third kappa shape index (κ3) is 3.80. The molecule has 0 spiro atoms. The molecule has 3 aromatic heterocycles. The molecular weight excluding hydrogens is 442 g/mol. The lowest BCUT2D eigenvalue weighted by Crippen LogP contribution is -2.15. The molecule has 9 heteroatoms. The predicted molar refractivity (Wildman–Crippen MR) is 128 cm³/mol. The van der Waals surface area contributed by atoms with Crippen LogP contribution in [0.1, 0.15) is 53.3 Å². The van der Waals surface area contributed by atoms with E-state index in [2.05, 4.69) is 22.4 Å². The number of aromatic nitrogens is 4. The molecule has 0 fully saturated rings. The van der Waals surface area contributed by atoms with Crippen LogP contribution in [0.2, 0.25) is 0 Å². The maximum Gasteiger partial charge on any atom is 0.234 e. The summed E-state index contributed by atoms with van der Waals surface area (Å²) in [6, 6.07) is 6.96. The first-order valence-electron chi connectivity index (χ1n) is 10.8. The molecule has 0 saturated carbocycles. The summed E-state index contributed by atoms with van der Waals surface area (Å²) < 4.78 is 2.01. The van der Waals surface area contributed by atoms with Crippen molar-refractivity contribution in [3.63, 3.8) is 0 Å². The Morgan fingerprint density at radius 1 is 1.22 bits per heavy atom. The molecule has 0 atom stereocenters. The van der Waals surface area contributed by atoms with Crippen molar-refractivity contribution in [2.45, 2.75) is 51.1 Å². The number of benzene rings is 1. The number of fused-ring (bicyclic) bond motifs is 5. The number of carbonyl (C=O) groups excluding carboxylic acids is 2. The van der Waals surface area contributed by atoms with Gasteiger partial charge in [0.1, 0.15) is 10.7 Å². The quantitative estimate of drug-likeness (QED) is 0.328. The van der Waals surface area contributed by atoms with Gasteiger partial charge >= 0.3 is 0 Å². The highest BCUT2D eigenvalue weighted by Crippen LogP contribution is 2.38. The Morgan fingerprint density at radius 3 is 2.88 bits per heavy atom. The van der Waals surface area contributed by atoms with Crippen molar-refractivity contribution < 1.29 is 9.59 Å². The summed E-state index contributed by atoms with van der Waals surface area (Å²) in [5, 5.41) is 13.6. The molecule has 0 radical (unpaired) electrons. The van der Waals surface area contributed by atoms with E-state index in [0.29, 0.717) is 16.4 Å². The Morgan fingerprint density at radius 2 is 2.06 bits per heavy atom. The molecule has 32 heavy (non-hydrogen) atoms. The van der Waals surface area contributed by atoms with Gasteiger partial charge in [0.2, 0.25) is 5.91 Å². The predicted octanol–water partition coefficient (Wildman–Crippen LogP) is 4.71. The molecule has 1 aliphatic rings. The zero-order chi connectivity index (χ0) is 22.2. The Bertz CT molecular complexity index is 1360. The summed E-state index contributed by atoms with van der Waals surface area (Å²) in [6.45, 7) is 3.58. The molecule has 1 aromatic carbocycles. The molecule has 7 nitrogen and oxygen atoms in total. The third-order valence-corrected chi connectivity index (χ3v) is 7.81. The van der Waals surface area contributed by atoms with Gasteiger partial charge in [0, 0.05) is 22.5 Å². The average Bonchev–Trinajstić information content (AvgIpc) is 3.38. The number of nitrogens with one attached hydrogen (secondary N) is 1. The van der Waals surface area contributed by atoms with Crippen molar-refractivity contribution >= 4 is 56.3 Å². The molecule has 164 valence electrons. The highest BCUT2D eigenvalue weighted by atomic mass is 32.2. The minimum Gasteiger partial charge on any atom is -0.325 e. The van der Waals surface area contributed by atoms with Gasteiger partial charge in [0.15, 0.2) is 16.6 Å². The van der Waals surface area contributed by atoms with Crippen molar-refractivity contribution in [2.75, 3.05) is 11.1 Å². The third-order valence-electron chi connectivity index (χ3n) is 5.70. The highest BCUT2D eigenvalue weighted by Gasteiger charge is 2.23. The monoisotopic (exact) mass is 465 g/mol. The number of hydrogen-bond donors (Lipinski definition) is 1. The lowest BCUT2D eigenvalue weighted by Gasteiger charge is -2.11. The Kier molecular flexibility index (Phi) is 5.69. The molecule has 1 N–H and O–H groups in total. The Hall–Kier alpha value is -2.78. The fraction of sp³-hybridized carbons (Fsp3) is 0.348. The van der Waals surface area contributed by atoms with Gasteiger partial charge in [0.05, 0.1) is 11.1 Å². The topological polar surface area (TPSA) is 89.2 Å². The van der Waals surface area contributed by atoms with Crippen molar-refractivity contribution in [3.05, 3.63) is 46.1 Å². The van der Waals surface area contributed by atoms with Crippen LogP contribution in [0.4, 0.5) is 5.69 Å². The summed E-state index contributed by atoms with van der Waals surface area (Å²) in [4.78, 5) is 31.5. The van der Waals surface area contributed by atoms with Gasteiger partial charge in [0.25, 0.3) is 0 Å². The van der Waals surface area contributed by atoms with Gasteiger partial charge in [-0.1, -0.05) is 30.8 Å². The molecule has 0 bridgehead atoms. The second-order valence-corrected chi connectivity index (χ2v) is 9.91. The largest absolute Gasteiger partial charge is 0.325 e. The smallest absolute Gasteiger partial charge is 0.234 e. The number of aryl methyl sites for hydroxylation is 3. The van der Waals surface area contributed by atoms with E-state index in [9.17, 15) is 9.59 Å². The van der Waals surface area contributed by atoms with Crippen LogP contribution in [0.3, 0.4) is 0 Å². The number of thioether (sulfide) groups is 1. The number of nitrogens with zero attached hydrogens (tertiary/aromatic N) is 4. The Labute approximate surface area is 193 Å². The van der Waals surface area contributed by atoms with Crippen LogP contribution in [-0.2, 0) is 24.1 Å². The molecule has 5 rings (SSSR count). The van der Waals surface area contributed by atoms with Crippen LogP contribution in [0.15, 0.2) is 29.4 Å². The molecule has 1 aliphatic carbocycles. The summed E-state index contributed by atoms with van der Waals surface area (Å²) in [5.74, 6) is 0.904. The van der Waals surface area contributed by atoms with Gasteiger partial charge < -0.3 is 5.32 Å². The van der Waals surface area contributed by atoms with E-state index < -0.39 is 0 Å². The van der Waals surface area contributed by atoms with E-state index >= 15 is 0 Å². The van der Waals surface area contributed by atoms with Crippen molar-refractivity contribution in [2.24, 2.45) is 0 Å². The summed E-state index contributed by atoms with van der Waals surface area (Å²) in [6.07, 6.45) is 5.36. The SMILES string of the molecule is CCc1nc2sc3c(c2c2nnc(SCC(=O)Nc4cccc(C(C)=O)c4)n12)CCCC3. The second-order valence-electron chi connectivity index (χ2n) is 7.89. The molecule has 3 heterocycles. The van der Waals surface area contributed by atoms with Crippen molar-refractivity contribution in [3.8, 4) is 0 Å². The maximum atomic E-state index is 12.6. The number of anilines is 1. The molecule has 4 aromatic rings. The number of ketones is 1. The zero-order valence-corrected chi connectivity index (χ0v) is 19.6. The van der Waals surface area contributed by atoms with E-state index in [0.717, 1.165) is 41.0 Å². The second kappa shape index (κ2) is 8.63. The molecule has 0 aliphatic heterocycles. The number of thiophene rings is 1. The van der Waals surface area contributed by atoms with E-state index in [4.69, 9.17) is 4.98 Å². The highest BCUT2D eigenvalue weighted by molar-refractivity contribution is 7.99. The van der Waals surface area contributed by atoms with E-state index in [1.807, 2.05) is 4.40 Å². The number of Topliss-reactive ketones (excluding diaryl/α,β-unsaturated/α-hetero) is 1. The van der Waals surface area contributed by atoms with Gasteiger partial charge in [-0.15, -0.1) is 21.5 Å². The zero-order valence-electron chi connectivity index (χ0n) is 18.0. The van der Waals surface area contributed by atoms with E-state index in [-0.39, 0.29) is 17.4 Å². The lowest BCUT2D eigenvalue weighted by atomic mass is 9.97. The van der Waals surface area contributed by atoms with E-state index in [1.165, 1.54) is 42.0 Å². The van der Waals surface area contributed by atoms with Crippen LogP contribution in [-0.4, -0.2) is 37.0 Å². The molecule has 1 amide bonds. The van der Waals surface area contributed by atoms with Crippen molar-refractivity contribution in [1.29, 1.82) is 0 Å². The number of hydrogen-bond acceptors (Lipinski definition) is 7. The van der Waals surface area contributed by atoms with E-state index in [1.54, 1.807) is 35.6 Å². The van der Waals surface area contributed by atoms with Crippen LogP contribution < -0.4 is 5.32 Å². The lowest BCUT2D eigenvalue weighted by molar-refractivity contribution is -0.113. The fourth-order valence-electron chi connectivity index (χ4n) is 4.17. The molecular formula is C23H23N5O2S2. The molecule has 0 saturated heterocycles. The van der Waals surface area contributed by atoms with Crippen LogP contribution in [0.25, 0.3) is 15.9 Å². The van der Waals surface area contributed by atoms with Crippen molar-refractivity contribution in [1.82, 2.24) is 19.6 Å². The number of carbonyl (C=O) groups is 2. The van der Waals surface area contributed by atoms with Gasteiger partial charge in [-0.2, -0.15) is 0 Å². The Balaban J connectivity index is 1.42. The van der Waals surface area contributed by atoms with Crippen LogP contribution >= 0.6 is 23.1 Å². The minimum atomic E-state index is -0.160. The first-order chi connectivity index (χ1) is 15.5. The van der Waals surface area contributed by atoms with Gasteiger partial charge in [-0.25, -0.2) is 4.98 Å². The number of amides is 1. The van der Waals surface area contributed by atoms with Crippen LogP contribution in [0.5, 0.6) is 0 Å². The van der Waals surface area contributed by atoms with Gasteiger partial charge in [-0.05, 0) is 50.3 Å². The standard InChI is InChI=1S/C23H23N5O2S2/c1-3-18-25-22-20(16-9-4-5-10-17(16)32-22)21-26-27-23(28(18)21)31-12-19(30)24-15-8-6-7-14(11-15)13(2)29/h6-8,11H,3-5,9-10,12H2,1-2H3,(H,24,30). The normalized spacial score (nSPS) is 13.4. The first kappa shape index (κ1) is 21.1. The summed E-state index contributed by atoms with van der Waals surface area (Å²) in [7, 11) is 0. The number of rotatable bonds is 6. The maximum absolute atomic E-state index is 12.6.